The van der Waals surface area contributed by atoms with Gasteiger partial charge in [0.2, 0.25) is 5.88 Å². The van der Waals surface area contributed by atoms with E-state index in [0.29, 0.717) is 36.2 Å². The van der Waals surface area contributed by atoms with Crippen LogP contribution in [0.4, 0.5) is 4.79 Å². The number of urea groups is 1. The lowest BCUT2D eigenvalue weighted by molar-refractivity contribution is 0.242. The summed E-state index contributed by atoms with van der Waals surface area (Å²) in [5, 5.41) is 6.32. The number of carbonyl (C=O) groups excluding carboxylic acids is 1. The number of aromatic nitrogens is 2. The second kappa shape index (κ2) is 7.59. The van der Waals surface area contributed by atoms with Crippen molar-refractivity contribution in [3.8, 4) is 28.6 Å². The molecule has 3 aromatic rings. The van der Waals surface area contributed by atoms with E-state index >= 15 is 0 Å². The largest absolute Gasteiger partial charge is 0.493 e. The fraction of sp³-hybridized carbons (Fsp3) is 0.250. The molecule has 0 spiro atoms. The van der Waals surface area contributed by atoms with Gasteiger partial charge in [-0.3, -0.25) is 4.98 Å². The van der Waals surface area contributed by atoms with Gasteiger partial charge >= 0.3 is 6.03 Å². The van der Waals surface area contributed by atoms with Crippen LogP contribution in [-0.2, 0) is 0 Å². The van der Waals surface area contributed by atoms with E-state index in [9.17, 15) is 4.79 Å². The van der Waals surface area contributed by atoms with Crippen LogP contribution < -0.4 is 24.8 Å². The monoisotopic (exact) mass is 380 g/mol. The molecule has 28 heavy (non-hydrogen) atoms. The Morgan fingerprint density at radius 3 is 2.75 bits per heavy atom. The number of rotatable bonds is 6. The molecule has 3 heterocycles. The van der Waals surface area contributed by atoms with Gasteiger partial charge in [0.15, 0.2) is 11.5 Å². The lowest BCUT2D eigenvalue weighted by Gasteiger charge is -2.14. The fourth-order valence-corrected chi connectivity index (χ4v) is 3.08. The van der Waals surface area contributed by atoms with Crippen LogP contribution in [0.15, 0.2) is 42.6 Å². The summed E-state index contributed by atoms with van der Waals surface area (Å²) in [5.74, 6) is 1.73. The van der Waals surface area contributed by atoms with Crippen molar-refractivity contribution in [1.29, 1.82) is 0 Å². The van der Waals surface area contributed by atoms with E-state index in [0.717, 1.165) is 16.5 Å². The molecular formula is C20H20N4O4. The SMILES string of the molecule is COc1ccc(-c2cc3ncccc3c(OC[C@H]3CNC(=O)N3)n2)cc1OC. The first-order chi connectivity index (χ1) is 13.7. The van der Waals surface area contributed by atoms with Crippen molar-refractivity contribution >= 4 is 16.9 Å². The number of carbonyl (C=O) groups is 1. The molecule has 2 aromatic heterocycles. The quantitative estimate of drug-likeness (QED) is 0.682. The van der Waals surface area contributed by atoms with Crippen LogP contribution in [0.1, 0.15) is 0 Å². The Kier molecular flexibility index (Phi) is 4.84. The van der Waals surface area contributed by atoms with Gasteiger partial charge in [0, 0.05) is 18.3 Å². The molecule has 1 aliphatic heterocycles. The summed E-state index contributed by atoms with van der Waals surface area (Å²) >= 11 is 0. The molecule has 1 aliphatic rings. The third kappa shape index (κ3) is 3.48. The fourth-order valence-electron chi connectivity index (χ4n) is 3.08. The summed E-state index contributed by atoms with van der Waals surface area (Å²) in [5.41, 5.74) is 2.33. The van der Waals surface area contributed by atoms with Crippen LogP contribution in [0.5, 0.6) is 17.4 Å². The van der Waals surface area contributed by atoms with Gasteiger partial charge in [0.05, 0.1) is 36.9 Å². The first-order valence-corrected chi connectivity index (χ1v) is 8.83. The maximum Gasteiger partial charge on any atom is 0.315 e. The summed E-state index contributed by atoms with van der Waals surface area (Å²) in [4.78, 5) is 20.4. The standard InChI is InChI=1S/C20H20N4O4/c1-26-17-6-5-12(8-18(17)27-2)15-9-16-14(4-3-7-21-16)19(24-15)28-11-13-10-22-20(25)23-13/h3-9,13H,10-11H2,1-2H3,(H2,22,23,25)/t13-/m1/s1. The Morgan fingerprint density at radius 2 is 2.00 bits per heavy atom. The third-order valence-electron chi connectivity index (χ3n) is 4.51. The lowest BCUT2D eigenvalue weighted by atomic mass is 10.1. The van der Waals surface area contributed by atoms with Gasteiger partial charge in [0.1, 0.15) is 6.61 Å². The Balaban J connectivity index is 1.70. The van der Waals surface area contributed by atoms with Gasteiger partial charge in [-0.2, -0.15) is 0 Å². The summed E-state index contributed by atoms with van der Waals surface area (Å²) in [7, 11) is 3.19. The topological polar surface area (TPSA) is 94.6 Å². The highest BCUT2D eigenvalue weighted by molar-refractivity contribution is 5.87. The average molecular weight is 380 g/mol. The molecule has 0 bridgehead atoms. The minimum Gasteiger partial charge on any atom is -0.493 e. The zero-order chi connectivity index (χ0) is 19.5. The molecule has 0 radical (unpaired) electrons. The zero-order valence-electron chi connectivity index (χ0n) is 15.6. The second-order valence-electron chi connectivity index (χ2n) is 6.31. The van der Waals surface area contributed by atoms with Crippen molar-refractivity contribution in [2.24, 2.45) is 0 Å². The summed E-state index contributed by atoms with van der Waals surface area (Å²) in [6, 6.07) is 11.0. The molecule has 2 amide bonds. The number of pyridine rings is 2. The minimum absolute atomic E-state index is 0.106. The predicted molar refractivity (Wildman–Crippen MR) is 104 cm³/mol. The molecule has 2 N–H and O–H groups in total. The third-order valence-corrected chi connectivity index (χ3v) is 4.51. The number of hydrogen-bond acceptors (Lipinski definition) is 6. The zero-order valence-corrected chi connectivity index (χ0v) is 15.6. The number of hydrogen-bond donors (Lipinski definition) is 2. The van der Waals surface area contributed by atoms with Crippen molar-refractivity contribution in [3.63, 3.8) is 0 Å². The highest BCUT2D eigenvalue weighted by Crippen LogP contribution is 2.34. The molecule has 0 aliphatic carbocycles. The number of fused-ring (bicyclic) bond motifs is 1. The average Bonchev–Trinajstić information content (AvgIpc) is 3.16. The predicted octanol–water partition coefficient (Wildman–Crippen LogP) is 2.37. The van der Waals surface area contributed by atoms with Crippen LogP contribution in [-0.4, -0.2) is 49.4 Å². The Morgan fingerprint density at radius 1 is 1.14 bits per heavy atom. The maximum atomic E-state index is 11.3. The molecule has 1 fully saturated rings. The Bertz CT molecular complexity index is 1020. The second-order valence-corrected chi connectivity index (χ2v) is 6.31. The van der Waals surface area contributed by atoms with Gasteiger partial charge in [-0.05, 0) is 36.4 Å². The molecule has 1 atom stereocenters. The number of methoxy groups -OCH3 is 2. The molecular weight excluding hydrogens is 360 g/mol. The molecule has 8 heteroatoms. The van der Waals surface area contributed by atoms with Crippen LogP contribution in [0.2, 0.25) is 0 Å². The van der Waals surface area contributed by atoms with E-state index in [1.165, 1.54) is 0 Å². The summed E-state index contributed by atoms with van der Waals surface area (Å²) in [6.45, 7) is 0.829. The van der Waals surface area contributed by atoms with E-state index in [1.54, 1.807) is 20.4 Å². The van der Waals surface area contributed by atoms with E-state index < -0.39 is 0 Å². The summed E-state index contributed by atoms with van der Waals surface area (Å²) < 4.78 is 16.7. The number of benzene rings is 1. The molecule has 4 rings (SSSR count). The number of nitrogens with one attached hydrogen (secondary N) is 2. The number of nitrogens with zero attached hydrogens (tertiary/aromatic N) is 2. The minimum atomic E-state index is -0.188. The van der Waals surface area contributed by atoms with Crippen LogP contribution in [0.3, 0.4) is 0 Å². The summed E-state index contributed by atoms with van der Waals surface area (Å²) in [6.07, 6.45) is 1.73. The molecule has 8 nitrogen and oxygen atoms in total. The van der Waals surface area contributed by atoms with Crippen molar-refractivity contribution in [3.05, 3.63) is 42.6 Å². The van der Waals surface area contributed by atoms with Crippen molar-refractivity contribution in [2.45, 2.75) is 6.04 Å². The smallest absolute Gasteiger partial charge is 0.315 e. The van der Waals surface area contributed by atoms with Crippen molar-refractivity contribution in [1.82, 2.24) is 20.6 Å². The number of ether oxygens (including phenoxy) is 3. The maximum absolute atomic E-state index is 11.3. The Labute approximate surface area is 161 Å². The van der Waals surface area contributed by atoms with Crippen LogP contribution in [0, 0.1) is 0 Å². The molecule has 0 saturated carbocycles. The van der Waals surface area contributed by atoms with Gasteiger partial charge in [-0.25, -0.2) is 9.78 Å². The van der Waals surface area contributed by atoms with Crippen LogP contribution in [0.25, 0.3) is 22.2 Å². The van der Waals surface area contributed by atoms with Gasteiger partial charge < -0.3 is 24.8 Å². The molecule has 0 unspecified atom stereocenters. The van der Waals surface area contributed by atoms with Crippen molar-refractivity contribution < 1.29 is 19.0 Å². The van der Waals surface area contributed by atoms with Gasteiger partial charge in [0.25, 0.3) is 0 Å². The van der Waals surface area contributed by atoms with E-state index in [4.69, 9.17) is 19.2 Å². The van der Waals surface area contributed by atoms with E-state index in [1.807, 2.05) is 36.4 Å². The first-order valence-electron chi connectivity index (χ1n) is 8.83. The highest BCUT2D eigenvalue weighted by atomic mass is 16.5. The molecule has 1 saturated heterocycles. The van der Waals surface area contributed by atoms with Crippen LogP contribution >= 0.6 is 0 Å². The molecule has 1 aromatic carbocycles. The number of amides is 2. The van der Waals surface area contributed by atoms with Crippen molar-refractivity contribution in [2.75, 3.05) is 27.4 Å². The van der Waals surface area contributed by atoms with E-state index in [2.05, 4.69) is 15.6 Å². The normalized spacial score (nSPS) is 15.8. The first kappa shape index (κ1) is 17.8. The molecule has 144 valence electrons. The van der Waals surface area contributed by atoms with Gasteiger partial charge in [-0.1, -0.05) is 0 Å². The van der Waals surface area contributed by atoms with Gasteiger partial charge in [-0.15, -0.1) is 0 Å². The van der Waals surface area contributed by atoms with E-state index in [-0.39, 0.29) is 12.1 Å². The Hall–Kier alpha value is -3.55. The lowest BCUT2D eigenvalue weighted by Crippen LogP contribution is -2.32. The highest BCUT2D eigenvalue weighted by Gasteiger charge is 2.21.